The molecule has 0 aliphatic carbocycles. The maximum absolute atomic E-state index is 11.4. The van der Waals surface area contributed by atoms with E-state index >= 15 is 0 Å². The molecule has 1 saturated heterocycles. The maximum Gasteiger partial charge on any atom is 0.297 e. The summed E-state index contributed by atoms with van der Waals surface area (Å²) in [4.78, 5) is 18.6. The fraction of sp³-hybridized carbons (Fsp3) is 0.538. The van der Waals surface area contributed by atoms with Gasteiger partial charge in [0.1, 0.15) is 0 Å². The first kappa shape index (κ1) is 15.4. The summed E-state index contributed by atoms with van der Waals surface area (Å²) in [5.41, 5.74) is 6.07. The Balaban J connectivity index is 1.75. The highest BCUT2D eigenvalue weighted by Crippen LogP contribution is 2.27. The van der Waals surface area contributed by atoms with Crippen molar-refractivity contribution < 1.29 is 14.3 Å². The van der Waals surface area contributed by atoms with Crippen molar-refractivity contribution in [1.82, 2.24) is 25.8 Å². The van der Waals surface area contributed by atoms with Crippen LogP contribution in [0.3, 0.4) is 0 Å². The highest BCUT2D eigenvalue weighted by Gasteiger charge is 2.29. The zero-order valence-electron chi connectivity index (χ0n) is 12.5. The van der Waals surface area contributed by atoms with Gasteiger partial charge in [-0.05, 0) is 36.8 Å². The number of H-pyrrole nitrogens is 1. The fourth-order valence-corrected chi connectivity index (χ4v) is 2.98. The third kappa shape index (κ3) is 3.32. The predicted octanol–water partition coefficient (Wildman–Crippen LogP) is -1.04. The zero-order chi connectivity index (χ0) is 16.2. The summed E-state index contributed by atoms with van der Waals surface area (Å²) in [6.45, 7) is 2.10. The van der Waals surface area contributed by atoms with Gasteiger partial charge in [-0.25, -0.2) is 4.98 Å². The molecule has 10 heteroatoms. The fourth-order valence-electron chi connectivity index (χ4n) is 2.98. The van der Waals surface area contributed by atoms with E-state index in [4.69, 9.17) is 5.73 Å². The first-order valence-electron chi connectivity index (χ1n) is 7.47. The molecule has 0 saturated carbocycles. The summed E-state index contributed by atoms with van der Waals surface area (Å²) in [6.07, 6.45) is 5.42. The molecule has 5 N–H and O–H groups in total. The molecule has 1 unspecified atom stereocenters. The molecule has 1 aliphatic rings. The van der Waals surface area contributed by atoms with E-state index in [2.05, 4.69) is 30.4 Å². The summed E-state index contributed by atoms with van der Waals surface area (Å²) < 4.78 is 4.47. The van der Waals surface area contributed by atoms with E-state index in [-0.39, 0.29) is 28.9 Å². The lowest BCUT2D eigenvalue weighted by atomic mass is 9.88. The van der Waals surface area contributed by atoms with Crippen LogP contribution < -0.4 is 21.3 Å². The average Bonchev–Trinajstić information content (AvgIpc) is 3.19. The van der Waals surface area contributed by atoms with Gasteiger partial charge in [0.15, 0.2) is 0 Å². The monoisotopic (exact) mass is 321 g/mol. The van der Waals surface area contributed by atoms with Gasteiger partial charge < -0.3 is 26.6 Å². The Morgan fingerprint density at radius 3 is 3.00 bits per heavy atom. The smallest absolute Gasteiger partial charge is 0.297 e. The molecule has 10 nitrogen and oxygen atoms in total. The van der Waals surface area contributed by atoms with E-state index in [0.717, 1.165) is 31.6 Å². The van der Waals surface area contributed by atoms with E-state index in [1.54, 1.807) is 12.5 Å². The molecule has 0 bridgehead atoms. The van der Waals surface area contributed by atoms with Gasteiger partial charge in [-0.2, -0.15) is 0 Å². The van der Waals surface area contributed by atoms with Crippen LogP contribution in [-0.2, 0) is 6.54 Å². The van der Waals surface area contributed by atoms with Crippen LogP contribution in [0.25, 0.3) is 0 Å². The highest BCUT2D eigenvalue weighted by atomic mass is 16.8. The Morgan fingerprint density at radius 2 is 2.35 bits per heavy atom. The zero-order valence-corrected chi connectivity index (χ0v) is 12.5. The van der Waals surface area contributed by atoms with Crippen molar-refractivity contribution in [2.24, 2.45) is 11.7 Å². The molecule has 3 rings (SSSR count). The summed E-state index contributed by atoms with van der Waals surface area (Å²) in [5, 5.41) is 21.7. The van der Waals surface area contributed by atoms with E-state index in [1.165, 1.54) is 0 Å². The SMILES string of the molecule is NC(=O)c1c(CNC(c2cnc[nH]2)C2CCNCC2)no[n+]1[O-]. The van der Waals surface area contributed by atoms with Gasteiger partial charge in [-0.1, -0.05) is 0 Å². The molecule has 3 heterocycles. The second-order valence-corrected chi connectivity index (χ2v) is 5.54. The Labute approximate surface area is 132 Å². The largest absolute Gasteiger partial charge is 0.362 e. The van der Waals surface area contributed by atoms with Crippen molar-refractivity contribution >= 4 is 5.91 Å². The maximum atomic E-state index is 11.4. The summed E-state index contributed by atoms with van der Waals surface area (Å²) in [6, 6.07) is 0.0112. The van der Waals surface area contributed by atoms with Crippen LogP contribution in [0, 0.1) is 11.1 Å². The number of primary amides is 1. The highest BCUT2D eigenvalue weighted by molar-refractivity contribution is 5.90. The molecule has 124 valence electrons. The van der Waals surface area contributed by atoms with E-state index in [1.807, 2.05) is 0 Å². The quantitative estimate of drug-likeness (QED) is 0.496. The number of carbonyl (C=O) groups excluding carboxylic acids is 1. The van der Waals surface area contributed by atoms with Gasteiger partial charge >= 0.3 is 0 Å². The van der Waals surface area contributed by atoms with E-state index < -0.39 is 5.91 Å². The van der Waals surface area contributed by atoms with Gasteiger partial charge in [-0.15, -0.1) is 0 Å². The lowest BCUT2D eigenvalue weighted by molar-refractivity contribution is -0.803. The minimum Gasteiger partial charge on any atom is -0.362 e. The third-order valence-corrected chi connectivity index (χ3v) is 4.11. The number of aromatic nitrogens is 4. The first-order valence-corrected chi connectivity index (χ1v) is 7.47. The normalized spacial score (nSPS) is 17.2. The van der Waals surface area contributed by atoms with Crippen molar-refractivity contribution in [3.63, 3.8) is 0 Å². The molecular weight excluding hydrogens is 302 g/mol. The Morgan fingerprint density at radius 1 is 1.57 bits per heavy atom. The molecule has 0 spiro atoms. The third-order valence-electron chi connectivity index (χ3n) is 4.11. The summed E-state index contributed by atoms with van der Waals surface area (Å²) in [5.74, 6) is -0.460. The second-order valence-electron chi connectivity index (χ2n) is 5.54. The van der Waals surface area contributed by atoms with Crippen LogP contribution in [0.2, 0.25) is 0 Å². The van der Waals surface area contributed by atoms with Gasteiger partial charge in [0.25, 0.3) is 11.6 Å². The van der Waals surface area contributed by atoms with Crippen molar-refractivity contribution in [3.8, 4) is 0 Å². The summed E-state index contributed by atoms with van der Waals surface area (Å²) in [7, 11) is 0. The van der Waals surface area contributed by atoms with Crippen LogP contribution in [-0.4, -0.2) is 34.1 Å². The predicted molar refractivity (Wildman–Crippen MR) is 77.7 cm³/mol. The van der Waals surface area contributed by atoms with Gasteiger partial charge in [0, 0.05) is 11.4 Å². The average molecular weight is 321 g/mol. The number of carbonyl (C=O) groups is 1. The van der Waals surface area contributed by atoms with Crippen LogP contribution in [0.5, 0.6) is 0 Å². The number of nitrogens with one attached hydrogen (secondary N) is 3. The van der Waals surface area contributed by atoms with Crippen molar-refractivity contribution in [2.45, 2.75) is 25.4 Å². The van der Waals surface area contributed by atoms with Crippen LogP contribution in [0.15, 0.2) is 17.2 Å². The Bertz CT molecular complexity index is 649. The molecule has 1 atom stereocenters. The molecule has 0 aromatic carbocycles. The number of hydrogen-bond donors (Lipinski definition) is 4. The van der Waals surface area contributed by atoms with Gasteiger partial charge in [0.2, 0.25) is 5.69 Å². The molecule has 2 aromatic rings. The molecule has 1 fully saturated rings. The number of aromatic amines is 1. The minimum absolute atomic E-state index is 0.0112. The topological polar surface area (TPSA) is 149 Å². The molecule has 1 amide bonds. The molecule has 0 radical (unpaired) electrons. The number of imidazole rings is 1. The molecule has 23 heavy (non-hydrogen) atoms. The number of hydrogen-bond acceptors (Lipinski definition) is 7. The van der Waals surface area contributed by atoms with Crippen molar-refractivity contribution in [2.75, 3.05) is 13.1 Å². The Hall–Kier alpha value is -2.46. The number of amides is 1. The van der Waals surface area contributed by atoms with Gasteiger partial charge in [0.05, 0.1) is 24.6 Å². The lowest BCUT2D eigenvalue weighted by Gasteiger charge is -2.30. The van der Waals surface area contributed by atoms with Crippen LogP contribution in [0.4, 0.5) is 0 Å². The number of piperidine rings is 1. The Kier molecular flexibility index (Phi) is 4.53. The van der Waals surface area contributed by atoms with Crippen LogP contribution >= 0.6 is 0 Å². The van der Waals surface area contributed by atoms with E-state index in [9.17, 15) is 10.0 Å². The van der Waals surface area contributed by atoms with E-state index in [0.29, 0.717) is 5.92 Å². The number of rotatable bonds is 6. The number of nitrogens with zero attached hydrogens (tertiary/aromatic N) is 3. The summed E-state index contributed by atoms with van der Waals surface area (Å²) >= 11 is 0. The molecule has 1 aliphatic heterocycles. The van der Waals surface area contributed by atoms with Crippen molar-refractivity contribution in [3.05, 3.63) is 34.8 Å². The second kappa shape index (κ2) is 6.75. The van der Waals surface area contributed by atoms with Crippen molar-refractivity contribution in [1.29, 1.82) is 0 Å². The lowest BCUT2D eigenvalue weighted by Crippen LogP contribution is -2.38. The molecule has 2 aromatic heterocycles. The first-order chi connectivity index (χ1) is 11.2. The number of nitrogens with two attached hydrogens (primary N) is 1. The van der Waals surface area contributed by atoms with Crippen LogP contribution in [0.1, 0.15) is 40.8 Å². The molecular formula is C13H19N7O3. The minimum atomic E-state index is -0.863. The van der Waals surface area contributed by atoms with Gasteiger partial charge in [-0.3, -0.25) is 9.42 Å². The standard InChI is InChI=1S/C13H19N7O3/c14-13(21)12-10(19-23-20(12)22)6-17-11(9-5-16-7-18-9)8-1-3-15-4-2-8/h5,7-8,11,15,17H,1-4,6H2,(H2,14,21)(H,16,18).